The first kappa shape index (κ1) is 21.9. The summed E-state index contributed by atoms with van der Waals surface area (Å²) in [5, 5.41) is 7.00. The second-order valence-corrected chi connectivity index (χ2v) is 8.97. The van der Waals surface area contributed by atoms with E-state index in [2.05, 4.69) is 25.6 Å². The number of hydrogen-bond donors (Lipinski definition) is 2. The zero-order valence-corrected chi connectivity index (χ0v) is 19.5. The fourth-order valence-electron chi connectivity index (χ4n) is 3.28. The van der Waals surface area contributed by atoms with E-state index < -0.39 is 5.60 Å². The van der Waals surface area contributed by atoms with Gasteiger partial charge < -0.3 is 20.1 Å². The van der Waals surface area contributed by atoms with E-state index in [0.29, 0.717) is 41.3 Å². The molecule has 32 heavy (non-hydrogen) atoms. The Morgan fingerprint density at radius 1 is 1.16 bits per heavy atom. The first-order valence-corrected chi connectivity index (χ1v) is 11.4. The van der Waals surface area contributed by atoms with E-state index in [-0.39, 0.29) is 5.91 Å². The third kappa shape index (κ3) is 4.94. The van der Waals surface area contributed by atoms with Gasteiger partial charge in [-0.3, -0.25) is 4.79 Å². The van der Waals surface area contributed by atoms with Crippen molar-refractivity contribution >= 4 is 35.0 Å². The van der Waals surface area contributed by atoms with Crippen LogP contribution in [0.1, 0.15) is 26.3 Å². The maximum atomic E-state index is 11.5. The third-order valence-corrected chi connectivity index (χ3v) is 5.30. The Balaban J connectivity index is 1.75. The molecule has 8 nitrogen and oxygen atoms in total. The number of fused-ring (bicyclic) bond motifs is 1. The topological polar surface area (TPSA) is 98.3 Å². The number of hydrogen-bond acceptors (Lipinski definition) is 8. The molecule has 0 fully saturated rings. The monoisotopic (exact) mass is 451 g/mol. The molecule has 0 unspecified atom stereocenters. The number of carbonyl (C=O) groups is 1. The smallest absolute Gasteiger partial charge is 0.257 e. The Morgan fingerprint density at radius 3 is 2.72 bits per heavy atom. The third-order valence-electron chi connectivity index (χ3n) is 4.67. The van der Waals surface area contributed by atoms with Gasteiger partial charge in [-0.05, 0) is 56.9 Å². The number of carbonyl (C=O) groups excluding carboxylic acids is 1. The molecule has 0 radical (unpaired) electrons. The molecule has 0 saturated carbocycles. The van der Waals surface area contributed by atoms with Crippen LogP contribution in [0.4, 0.5) is 17.3 Å². The molecule has 1 aliphatic rings. The van der Waals surface area contributed by atoms with Crippen LogP contribution in [0.25, 0.3) is 11.3 Å². The minimum atomic E-state index is -0.406. The van der Waals surface area contributed by atoms with Crippen LogP contribution < -0.4 is 20.1 Å². The highest BCUT2D eigenvalue weighted by Gasteiger charge is 2.29. The number of aromatic nitrogens is 3. The Kier molecular flexibility index (Phi) is 5.92. The van der Waals surface area contributed by atoms with Gasteiger partial charge in [-0.25, -0.2) is 15.0 Å². The zero-order chi connectivity index (χ0) is 22.9. The molecule has 2 N–H and O–H groups in total. The summed E-state index contributed by atoms with van der Waals surface area (Å²) in [6.07, 6.45) is 3.65. The number of amides is 1. The summed E-state index contributed by atoms with van der Waals surface area (Å²) in [5.41, 5.74) is 2.79. The molecule has 1 amide bonds. The number of nitrogens with zero attached hydrogens (tertiary/aromatic N) is 3. The maximum Gasteiger partial charge on any atom is 0.257 e. The Labute approximate surface area is 191 Å². The van der Waals surface area contributed by atoms with E-state index in [1.165, 1.54) is 6.92 Å². The normalized spacial score (nSPS) is 14.0. The number of aryl methyl sites for hydroxylation is 1. The van der Waals surface area contributed by atoms with Gasteiger partial charge in [-0.15, -0.1) is 11.8 Å². The number of thioether (sulfide) groups is 1. The highest BCUT2D eigenvalue weighted by atomic mass is 32.2. The molecule has 0 aromatic carbocycles. The minimum absolute atomic E-state index is 0.199. The van der Waals surface area contributed by atoms with Crippen molar-refractivity contribution in [2.75, 3.05) is 23.5 Å². The number of anilines is 3. The van der Waals surface area contributed by atoms with Gasteiger partial charge in [0, 0.05) is 24.8 Å². The Hall–Kier alpha value is -3.33. The SMILES string of the molecule is CSc1cc(C)cc(Nc2cc(NC(C)=O)ncc2-c2ccc3c(n2)OCC(C)(C)O3)n1. The van der Waals surface area contributed by atoms with Crippen LogP contribution >= 0.6 is 11.8 Å². The van der Waals surface area contributed by atoms with Crippen LogP contribution in [-0.4, -0.2) is 39.3 Å². The van der Waals surface area contributed by atoms with Gasteiger partial charge in [-0.1, -0.05) is 0 Å². The molecule has 9 heteroatoms. The lowest BCUT2D eigenvalue weighted by molar-refractivity contribution is -0.114. The van der Waals surface area contributed by atoms with Crippen LogP contribution in [0.15, 0.2) is 41.6 Å². The van der Waals surface area contributed by atoms with E-state index in [1.54, 1.807) is 24.0 Å². The summed E-state index contributed by atoms with van der Waals surface area (Å²) in [6, 6.07) is 9.46. The molecule has 0 atom stereocenters. The quantitative estimate of drug-likeness (QED) is 0.533. The van der Waals surface area contributed by atoms with Crippen LogP contribution in [0.5, 0.6) is 11.6 Å². The average Bonchev–Trinajstić information content (AvgIpc) is 2.72. The first-order chi connectivity index (χ1) is 15.2. The number of ether oxygens (including phenoxy) is 2. The summed E-state index contributed by atoms with van der Waals surface area (Å²) in [4.78, 5) is 25.2. The van der Waals surface area contributed by atoms with Gasteiger partial charge in [0.15, 0.2) is 5.75 Å². The standard InChI is InChI=1S/C23H25N5O3S/c1-13-8-20(28-21(9-13)32-5)26-17-10-19(25-14(2)29)24-11-15(17)16-6-7-18-22(27-16)30-12-23(3,4)31-18/h6-11H,12H2,1-5H3,(H2,24,25,26,28,29). The van der Waals surface area contributed by atoms with E-state index >= 15 is 0 Å². The molecular weight excluding hydrogens is 426 g/mol. The van der Waals surface area contributed by atoms with E-state index in [0.717, 1.165) is 16.2 Å². The fourth-order valence-corrected chi connectivity index (χ4v) is 3.77. The van der Waals surface area contributed by atoms with Crippen LogP contribution in [0, 0.1) is 6.92 Å². The van der Waals surface area contributed by atoms with Crippen LogP contribution in [-0.2, 0) is 4.79 Å². The highest BCUT2D eigenvalue weighted by molar-refractivity contribution is 7.98. The highest BCUT2D eigenvalue weighted by Crippen LogP contribution is 2.38. The van der Waals surface area contributed by atoms with Gasteiger partial charge in [0.2, 0.25) is 5.91 Å². The minimum Gasteiger partial charge on any atom is -0.479 e. The van der Waals surface area contributed by atoms with Crippen molar-refractivity contribution in [3.05, 3.63) is 42.1 Å². The molecule has 0 aliphatic carbocycles. The molecule has 4 heterocycles. The second-order valence-electron chi connectivity index (χ2n) is 8.14. The number of nitrogens with one attached hydrogen (secondary N) is 2. The summed E-state index contributed by atoms with van der Waals surface area (Å²) < 4.78 is 11.8. The van der Waals surface area contributed by atoms with Crippen molar-refractivity contribution in [3.63, 3.8) is 0 Å². The maximum absolute atomic E-state index is 11.5. The second kappa shape index (κ2) is 8.66. The molecule has 4 rings (SSSR count). The van der Waals surface area contributed by atoms with Crippen molar-refractivity contribution in [3.8, 4) is 22.9 Å². The van der Waals surface area contributed by atoms with Crippen molar-refractivity contribution < 1.29 is 14.3 Å². The summed E-state index contributed by atoms with van der Waals surface area (Å²) in [6.45, 7) is 7.81. The van der Waals surface area contributed by atoms with Crippen molar-refractivity contribution in [2.45, 2.75) is 38.3 Å². The lowest BCUT2D eigenvalue weighted by Crippen LogP contribution is -2.39. The van der Waals surface area contributed by atoms with Gasteiger partial charge >= 0.3 is 0 Å². The molecular formula is C23H25N5O3S. The Bertz CT molecular complexity index is 1180. The molecule has 1 aliphatic heterocycles. The van der Waals surface area contributed by atoms with Crippen LogP contribution in [0.3, 0.4) is 0 Å². The molecule has 0 spiro atoms. The van der Waals surface area contributed by atoms with E-state index in [9.17, 15) is 4.79 Å². The van der Waals surface area contributed by atoms with E-state index in [1.807, 2.05) is 51.3 Å². The molecule has 0 saturated heterocycles. The Morgan fingerprint density at radius 2 is 1.97 bits per heavy atom. The van der Waals surface area contributed by atoms with Crippen molar-refractivity contribution in [1.82, 2.24) is 15.0 Å². The fraction of sp³-hybridized carbons (Fsp3) is 0.304. The largest absolute Gasteiger partial charge is 0.479 e. The zero-order valence-electron chi connectivity index (χ0n) is 18.6. The average molecular weight is 452 g/mol. The van der Waals surface area contributed by atoms with Crippen LogP contribution in [0.2, 0.25) is 0 Å². The van der Waals surface area contributed by atoms with Gasteiger partial charge in [-0.2, -0.15) is 0 Å². The molecule has 0 bridgehead atoms. The predicted octanol–water partition coefficient (Wildman–Crippen LogP) is 4.82. The van der Waals surface area contributed by atoms with Gasteiger partial charge in [0.25, 0.3) is 5.88 Å². The summed E-state index contributed by atoms with van der Waals surface area (Å²) >= 11 is 1.57. The molecule has 3 aromatic heterocycles. The van der Waals surface area contributed by atoms with E-state index in [4.69, 9.17) is 9.47 Å². The predicted molar refractivity (Wildman–Crippen MR) is 126 cm³/mol. The van der Waals surface area contributed by atoms with Gasteiger partial charge in [0.1, 0.15) is 23.8 Å². The first-order valence-electron chi connectivity index (χ1n) is 10.1. The lowest BCUT2D eigenvalue weighted by Gasteiger charge is -2.31. The lowest BCUT2D eigenvalue weighted by atomic mass is 10.1. The van der Waals surface area contributed by atoms with Crippen molar-refractivity contribution in [2.24, 2.45) is 0 Å². The summed E-state index contributed by atoms with van der Waals surface area (Å²) in [7, 11) is 0. The number of pyridine rings is 3. The molecule has 3 aromatic rings. The van der Waals surface area contributed by atoms with Gasteiger partial charge in [0.05, 0.1) is 16.4 Å². The van der Waals surface area contributed by atoms with Crippen molar-refractivity contribution in [1.29, 1.82) is 0 Å². The number of rotatable bonds is 5. The molecule has 166 valence electrons. The summed E-state index contributed by atoms with van der Waals surface area (Å²) in [5.74, 6) is 1.97.